The van der Waals surface area contributed by atoms with Gasteiger partial charge in [-0.2, -0.15) is 0 Å². The first kappa shape index (κ1) is 15.3. The fraction of sp³-hybridized carbons (Fsp3) is 0.133. The summed E-state index contributed by atoms with van der Waals surface area (Å²) in [6, 6.07) is 14.5. The van der Waals surface area contributed by atoms with Crippen molar-refractivity contribution in [2.75, 3.05) is 5.32 Å². The van der Waals surface area contributed by atoms with Crippen molar-refractivity contribution in [3.63, 3.8) is 0 Å². The van der Waals surface area contributed by atoms with Crippen molar-refractivity contribution in [1.29, 1.82) is 0 Å². The zero-order chi connectivity index (χ0) is 14.5. The first-order valence-electron chi connectivity index (χ1n) is 6.11. The number of nitrogens with two attached hydrogens (primary N) is 1. The first-order valence-corrected chi connectivity index (χ1v) is 7.57. The van der Waals surface area contributed by atoms with E-state index in [1.165, 1.54) is 0 Å². The number of hydrogen-bond donors (Lipinski definition) is 2. The Morgan fingerprint density at radius 3 is 2.60 bits per heavy atom. The van der Waals surface area contributed by atoms with Gasteiger partial charge in [0.25, 0.3) is 0 Å². The van der Waals surface area contributed by atoms with Crippen molar-refractivity contribution >= 4 is 45.8 Å². The zero-order valence-electron chi connectivity index (χ0n) is 10.6. The normalized spacial score (nSPS) is 11.9. The average Bonchev–Trinajstić information content (AvgIpc) is 2.43. The molecule has 0 radical (unpaired) electrons. The molecule has 3 nitrogen and oxygen atoms in total. The molecule has 0 bridgehead atoms. The third-order valence-corrected chi connectivity index (χ3v) is 3.81. The number of carbonyl (C=O) groups is 1. The quantitative estimate of drug-likeness (QED) is 0.772. The Morgan fingerprint density at radius 2 is 1.95 bits per heavy atom. The molecule has 2 rings (SSSR count). The van der Waals surface area contributed by atoms with Gasteiger partial charge in [-0.25, -0.2) is 0 Å². The molecule has 0 unspecified atom stereocenters. The highest BCUT2D eigenvalue weighted by Gasteiger charge is 2.15. The van der Waals surface area contributed by atoms with Gasteiger partial charge in [-0.15, -0.1) is 0 Å². The molecule has 5 heteroatoms. The molecule has 104 valence electrons. The fourth-order valence-corrected chi connectivity index (χ4v) is 2.68. The molecule has 0 aliphatic carbocycles. The summed E-state index contributed by atoms with van der Waals surface area (Å²) in [5.41, 5.74) is 7.54. The highest BCUT2D eigenvalue weighted by molar-refractivity contribution is 14.1. The van der Waals surface area contributed by atoms with Gasteiger partial charge in [0.05, 0.1) is 16.8 Å². The van der Waals surface area contributed by atoms with Gasteiger partial charge in [0.15, 0.2) is 0 Å². The number of carbonyl (C=O) groups excluding carboxylic acids is 1. The van der Waals surface area contributed by atoms with Crippen molar-refractivity contribution in [3.05, 3.63) is 62.7 Å². The van der Waals surface area contributed by atoms with Crippen LogP contribution in [0.15, 0.2) is 48.5 Å². The molecular weight excluding hydrogens is 387 g/mol. The number of anilines is 1. The van der Waals surface area contributed by atoms with E-state index in [0.717, 1.165) is 9.13 Å². The van der Waals surface area contributed by atoms with Crippen molar-refractivity contribution < 1.29 is 4.79 Å². The Morgan fingerprint density at radius 1 is 1.25 bits per heavy atom. The van der Waals surface area contributed by atoms with Crippen LogP contribution in [0.1, 0.15) is 5.56 Å². The monoisotopic (exact) mass is 400 g/mol. The maximum atomic E-state index is 12.1. The lowest BCUT2D eigenvalue weighted by Crippen LogP contribution is -2.37. The summed E-state index contributed by atoms with van der Waals surface area (Å²) in [6.07, 6.45) is 0.495. The number of halogens is 2. The molecule has 0 aromatic heterocycles. The standard InChI is InChI=1S/C15H14ClIN2O/c16-12-9-11(17)6-7-14(12)19-15(20)13(18)8-10-4-2-1-3-5-10/h1-7,9,13H,8,18H2,(H,19,20)/t13-/m0/s1. The minimum atomic E-state index is -0.604. The molecule has 0 saturated carbocycles. The van der Waals surface area contributed by atoms with Gasteiger partial charge in [0.2, 0.25) is 5.91 Å². The molecule has 0 heterocycles. The number of benzene rings is 2. The molecule has 1 amide bonds. The smallest absolute Gasteiger partial charge is 0.241 e. The summed E-state index contributed by atoms with van der Waals surface area (Å²) in [5.74, 6) is -0.239. The summed E-state index contributed by atoms with van der Waals surface area (Å²) >= 11 is 8.24. The van der Waals surface area contributed by atoms with Crippen LogP contribution in [0.4, 0.5) is 5.69 Å². The van der Waals surface area contributed by atoms with Crippen LogP contribution in [0.25, 0.3) is 0 Å². The van der Waals surface area contributed by atoms with E-state index < -0.39 is 6.04 Å². The molecule has 2 aromatic carbocycles. The summed E-state index contributed by atoms with van der Waals surface area (Å²) in [4.78, 5) is 12.1. The number of rotatable bonds is 4. The molecule has 0 aliphatic heterocycles. The van der Waals surface area contributed by atoms with E-state index in [1.807, 2.05) is 36.4 Å². The Hall–Kier alpha value is -1.11. The molecule has 0 spiro atoms. The highest BCUT2D eigenvalue weighted by Crippen LogP contribution is 2.23. The van der Waals surface area contributed by atoms with Crippen LogP contribution < -0.4 is 11.1 Å². The van der Waals surface area contributed by atoms with E-state index in [9.17, 15) is 4.79 Å². The fourth-order valence-electron chi connectivity index (χ4n) is 1.78. The largest absolute Gasteiger partial charge is 0.323 e. The van der Waals surface area contributed by atoms with E-state index in [4.69, 9.17) is 17.3 Å². The van der Waals surface area contributed by atoms with E-state index >= 15 is 0 Å². The van der Waals surface area contributed by atoms with Gasteiger partial charge in [-0.1, -0.05) is 41.9 Å². The average molecular weight is 401 g/mol. The van der Waals surface area contributed by atoms with Gasteiger partial charge in [0, 0.05) is 3.57 Å². The van der Waals surface area contributed by atoms with E-state index in [2.05, 4.69) is 27.9 Å². The Bertz CT molecular complexity index is 604. The lowest BCUT2D eigenvalue weighted by atomic mass is 10.1. The Labute approximate surface area is 136 Å². The molecule has 0 saturated heterocycles. The maximum Gasteiger partial charge on any atom is 0.241 e. The Kier molecular flexibility index (Phi) is 5.39. The van der Waals surface area contributed by atoms with E-state index in [-0.39, 0.29) is 5.91 Å². The third kappa shape index (κ3) is 4.19. The number of hydrogen-bond acceptors (Lipinski definition) is 2. The Balaban J connectivity index is 2.01. The predicted molar refractivity (Wildman–Crippen MR) is 90.9 cm³/mol. The second kappa shape index (κ2) is 7.06. The van der Waals surface area contributed by atoms with Crippen LogP contribution in [0, 0.1) is 3.57 Å². The van der Waals surface area contributed by atoms with Gasteiger partial charge in [0.1, 0.15) is 0 Å². The van der Waals surface area contributed by atoms with Crippen LogP contribution in [0.3, 0.4) is 0 Å². The van der Waals surface area contributed by atoms with Crippen LogP contribution >= 0.6 is 34.2 Å². The van der Waals surface area contributed by atoms with Crippen molar-refractivity contribution in [2.24, 2.45) is 5.73 Å². The van der Waals surface area contributed by atoms with Crippen LogP contribution in [-0.2, 0) is 11.2 Å². The van der Waals surface area contributed by atoms with E-state index in [0.29, 0.717) is 17.1 Å². The molecule has 0 aliphatic rings. The van der Waals surface area contributed by atoms with E-state index in [1.54, 1.807) is 12.1 Å². The molecule has 1 atom stereocenters. The first-order chi connectivity index (χ1) is 9.56. The summed E-state index contributed by atoms with van der Waals surface area (Å²) < 4.78 is 1.01. The van der Waals surface area contributed by atoms with Crippen LogP contribution in [-0.4, -0.2) is 11.9 Å². The van der Waals surface area contributed by atoms with Gasteiger partial charge >= 0.3 is 0 Å². The lowest BCUT2D eigenvalue weighted by Gasteiger charge is -2.13. The second-order valence-corrected chi connectivity index (χ2v) is 6.06. The summed E-state index contributed by atoms with van der Waals surface area (Å²) in [6.45, 7) is 0. The minimum Gasteiger partial charge on any atom is -0.323 e. The number of amides is 1. The van der Waals surface area contributed by atoms with Gasteiger partial charge in [-0.05, 0) is 52.8 Å². The lowest BCUT2D eigenvalue weighted by molar-refractivity contribution is -0.117. The van der Waals surface area contributed by atoms with Crippen LogP contribution in [0.5, 0.6) is 0 Å². The van der Waals surface area contributed by atoms with Crippen molar-refractivity contribution in [2.45, 2.75) is 12.5 Å². The SMILES string of the molecule is N[C@@H](Cc1ccccc1)C(=O)Nc1ccc(I)cc1Cl. The van der Waals surface area contributed by atoms with Crippen molar-refractivity contribution in [3.8, 4) is 0 Å². The zero-order valence-corrected chi connectivity index (χ0v) is 13.6. The third-order valence-electron chi connectivity index (χ3n) is 2.82. The summed E-state index contributed by atoms with van der Waals surface area (Å²) in [5, 5.41) is 3.27. The maximum absolute atomic E-state index is 12.1. The second-order valence-electron chi connectivity index (χ2n) is 4.41. The van der Waals surface area contributed by atoms with Gasteiger partial charge < -0.3 is 11.1 Å². The van der Waals surface area contributed by atoms with Crippen LogP contribution in [0.2, 0.25) is 5.02 Å². The molecule has 3 N–H and O–H groups in total. The molecule has 2 aromatic rings. The highest BCUT2D eigenvalue weighted by atomic mass is 127. The number of nitrogens with one attached hydrogen (secondary N) is 1. The summed E-state index contributed by atoms with van der Waals surface area (Å²) in [7, 11) is 0. The molecular formula is C15H14ClIN2O. The van der Waals surface area contributed by atoms with Crippen molar-refractivity contribution in [1.82, 2.24) is 0 Å². The predicted octanol–water partition coefficient (Wildman–Crippen LogP) is 3.45. The molecule has 20 heavy (non-hydrogen) atoms. The van der Waals surface area contributed by atoms with Gasteiger partial charge in [-0.3, -0.25) is 4.79 Å². The minimum absolute atomic E-state index is 0.239. The topological polar surface area (TPSA) is 55.1 Å². The molecule has 0 fully saturated rings.